The lowest BCUT2D eigenvalue weighted by Gasteiger charge is -2.34. The summed E-state index contributed by atoms with van der Waals surface area (Å²) in [5.74, 6) is -0.497. The van der Waals surface area contributed by atoms with Crippen LogP contribution in [-0.4, -0.2) is 41.1 Å². The number of hydrogen-bond acceptors (Lipinski definition) is 2. The van der Waals surface area contributed by atoms with Crippen molar-refractivity contribution in [2.45, 2.75) is 46.6 Å². The first kappa shape index (κ1) is 14.8. The quantitative estimate of drug-likeness (QED) is 0.793. The van der Waals surface area contributed by atoms with E-state index in [0.29, 0.717) is 19.0 Å². The number of rotatable bonds is 2. The molecule has 18 heavy (non-hydrogen) atoms. The van der Waals surface area contributed by atoms with Crippen molar-refractivity contribution in [1.82, 2.24) is 10.2 Å². The maximum absolute atomic E-state index is 12.1. The minimum atomic E-state index is -0.985. The van der Waals surface area contributed by atoms with E-state index < -0.39 is 17.4 Å². The fourth-order valence-electron chi connectivity index (χ4n) is 2.24. The van der Waals surface area contributed by atoms with Gasteiger partial charge in [0.15, 0.2) is 0 Å². The number of carbonyl (C=O) groups is 2. The molecule has 1 rings (SSSR count). The molecular weight excluding hydrogens is 232 g/mol. The van der Waals surface area contributed by atoms with Gasteiger partial charge in [-0.25, -0.2) is 9.59 Å². The number of carboxylic acid groups (broad SMARTS) is 1. The molecule has 0 saturated carbocycles. The molecule has 1 saturated heterocycles. The van der Waals surface area contributed by atoms with Gasteiger partial charge in [-0.2, -0.15) is 0 Å². The molecule has 104 valence electrons. The number of carbonyl (C=O) groups excluding carboxylic acids is 1. The van der Waals surface area contributed by atoms with Crippen LogP contribution in [0.5, 0.6) is 0 Å². The van der Waals surface area contributed by atoms with Crippen LogP contribution in [0, 0.1) is 11.3 Å². The van der Waals surface area contributed by atoms with Crippen LogP contribution in [0.25, 0.3) is 0 Å². The van der Waals surface area contributed by atoms with Crippen LogP contribution < -0.4 is 5.32 Å². The molecule has 5 nitrogen and oxygen atoms in total. The Kier molecular flexibility index (Phi) is 4.59. The Hall–Kier alpha value is -1.26. The first-order valence-electron chi connectivity index (χ1n) is 6.50. The Labute approximate surface area is 109 Å². The third-order valence-corrected chi connectivity index (χ3v) is 3.33. The summed E-state index contributed by atoms with van der Waals surface area (Å²) in [6, 6.07) is -1.12. The predicted molar refractivity (Wildman–Crippen MR) is 69.4 cm³/mol. The lowest BCUT2D eigenvalue weighted by Crippen LogP contribution is -2.54. The van der Waals surface area contributed by atoms with Crippen molar-refractivity contribution in [3.63, 3.8) is 0 Å². The topological polar surface area (TPSA) is 69.6 Å². The molecule has 0 bridgehead atoms. The van der Waals surface area contributed by atoms with E-state index in [1.807, 2.05) is 20.8 Å². The van der Waals surface area contributed by atoms with Crippen LogP contribution in [0.15, 0.2) is 0 Å². The summed E-state index contributed by atoms with van der Waals surface area (Å²) in [6.45, 7) is 8.97. The van der Waals surface area contributed by atoms with Crippen molar-refractivity contribution in [1.29, 1.82) is 0 Å². The van der Waals surface area contributed by atoms with Gasteiger partial charge < -0.3 is 15.3 Å². The number of piperidine rings is 1. The Morgan fingerprint density at radius 1 is 1.39 bits per heavy atom. The van der Waals surface area contributed by atoms with Crippen molar-refractivity contribution in [3.05, 3.63) is 0 Å². The zero-order chi connectivity index (χ0) is 13.9. The van der Waals surface area contributed by atoms with Gasteiger partial charge in [-0.3, -0.25) is 0 Å². The fourth-order valence-corrected chi connectivity index (χ4v) is 2.24. The van der Waals surface area contributed by atoms with E-state index in [1.165, 1.54) is 0 Å². The SMILES string of the molecule is CC1CCCN(C(=O)NC(C(=O)O)C(C)(C)C)C1. The zero-order valence-corrected chi connectivity index (χ0v) is 11.7. The Bertz CT molecular complexity index is 323. The van der Waals surface area contributed by atoms with E-state index in [0.717, 1.165) is 12.8 Å². The maximum atomic E-state index is 12.1. The maximum Gasteiger partial charge on any atom is 0.326 e. The molecule has 1 aliphatic rings. The number of amides is 2. The largest absolute Gasteiger partial charge is 0.480 e. The summed E-state index contributed by atoms with van der Waals surface area (Å²) < 4.78 is 0. The third kappa shape index (κ3) is 3.89. The van der Waals surface area contributed by atoms with Gasteiger partial charge in [0.2, 0.25) is 0 Å². The van der Waals surface area contributed by atoms with Crippen molar-refractivity contribution >= 4 is 12.0 Å². The van der Waals surface area contributed by atoms with Crippen LogP contribution in [0.1, 0.15) is 40.5 Å². The molecular formula is C13H24N2O3. The molecule has 2 atom stereocenters. The third-order valence-electron chi connectivity index (χ3n) is 3.33. The highest BCUT2D eigenvalue weighted by molar-refractivity contribution is 5.83. The molecule has 0 radical (unpaired) electrons. The van der Waals surface area contributed by atoms with Gasteiger partial charge in [0, 0.05) is 13.1 Å². The van der Waals surface area contributed by atoms with E-state index >= 15 is 0 Å². The van der Waals surface area contributed by atoms with Gasteiger partial charge in [-0.15, -0.1) is 0 Å². The van der Waals surface area contributed by atoms with Crippen LogP contribution in [0.3, 0.4) is 0 Å². The molecule has 0 aromatic carbocycles. The second-order valence-corrected chi connectivity index (χ2v) is 6.28. The molecule has 1 heterocycles. The fraction of sp³-hybridized carbons (Fsp3) is 0.846. The average Bonchev–Trinajstić information content (AvgIpc) is 2.23. The Balaban J connectivity index is 2.64. The molecule has 1 aliphatic heterocycles. The lowest BCUT2D eigenvalue weighted by molar-refractivity contribution is -0.142. The predicted octanol–water partition coefficient (Wildman–Crippen LogP) is 1.93. The minimum Gasteiger partial charge on any atom is -0.480 e. The highest BCUT2D eigenvalue weighted by atomic mass is 16.4. The standard InChI is InChI=1S/C13H24N2O3/c1-9-6-5-7-15(8-9)12(18)14-10(11(16)17)13(2,3)4/h9-10H,5-8H2,1-4H3,(H,14,18)(H,16,17). The molecule has 0 aliphatic carbocycles. The zero-order valence-electron chi connectivity index (χ0n) is 11.7. The number of nitrogens with zero attached hydrogens (tertiary/aromatic N) is 1. The van der Waals surface area contributed by atoms with E-state index in [9.17, 15) is 14.7 Å². The molecule has 0 aromatic heterocycles. The highest BCUT2D eigenvalue weighted by Gasteiger charge is 2.34. The number of likely N-dealkylation sites (tertiary alicyclic amines) is 1. The van der Waals surface area contributed by atoms with Crippen molar-refractivity contribution in [2.24, 2.45) is 11.3 Å². The van der Waals surface area contributed by atoms with E-state index in [4.69, 9.17) is 0 Å². The van der Waals surface area contributed by atoms with E-state index in [2.05, 4.69) is 12.2 Å². The first-order valence-corrected chi connectivity index (χ1v) is 6.50. The molecule has 2 unspecified atom stereocenters. The summed E-state index contributed by atoms with van der Waals surface area (Å²) in [5, 5.41) is 11.8. The van der Waals surface area contributed by atoms with Crippen molar-refractivity contribution < 1.29 is 14.7 Å². The first-order chi connectivity index (χ1) is 8.21. The minimum absolute atomic E-state index is 0.260. The molecule has 0 spiro atoms. The summed E-state index contributed by atoms with van der Waals surface area (Å²) in [7, 11) is 0. The molecule has 1 fully saturated rings. The smallest absolute Gasteiger partial charge is 0.326 e. The monoisotopic (exact) mass is 256 g/mol. The second kappa shape index (κ2) is 5.59. The molecule has 2 amide bonds. The van der Waals surface area contributed by atoms with Crippen molar-refractivity contribution in [2.75, 3.05) is 13.1 Å². The van der Waals surface area contributed by atoms with E-state index in [-0.39, 0.29) is 6.03 Å². The van der Waals surface area contributed by atoms with Crippen LogP contribution in [-0.2, 0) is 4.79 Å². The highest BCUT2D eigenvalue weighted by Crippen LogP contribution is 2.21. The number of hydrogen-bond donors (Lipinski definition) is 2. The van der Waals surface area contributed by atoms with Gasteiger partial charge in [-0.05, 0) is 24.2 Å². The lowest BCUT2D eigenvalue weighted by atomic mass is 9.87. The van der Waals surface area contributed by atoms with Gasteiger partial charge in [-0.1, -0.05) is 27.7 Å². The van der Waals surface area contributed by atoms with Gasteiger partial charge in [0.25, 0.3) is 0 Å². The summed E-state index contributed by atoms with van der Waals surface area (Å²) in [4.78, 5) is 25.0. The second-order valence-electron chi connectivity index (χ2n) is 6.28. The Morgan fingerprint density at radius 3 is 2.44 bits per heavy atom. The van der Waals surface area contributed by atoms with Crippen LogP contribution in [0.4, 0.5) is 4.79 Å². The van der Waals surface area contributed by atoms with Gasteiger partial charge >= 0.3 is 12.0 Å². The number of aliphatic carboxylic acids is 1. The normalized spacial score (nSPS) is 22.4. The van der Waals surface area contributed by atoms with Crippen LogP contribution in [0.2, 0.25) is 0 Å². The number of nitrogens with one attached hydrogen (secondary N) is 1. The van der Waals surface area contributed by atoms with E-state index in [1.54, 1.807) is 4.90 Å². The summed E-state index contributed by atoms with van der Waals surface area (Å²) in [5.41, 5.74) is -0.497. The summed E-state index contributed by atoms with van der Waals surface area (Å²) in [6.07, 6.45) is 2.12. The van der Waals surface area contributed by atoms with Gasteiger partial charge in [0.05, 0.1) is 0 Å². The number of carboxylic acids is 1. The van der Waals surface area contributed by atoms with Gasteiger partial charge in [0.1, 0.15) is 6.04 Å². The molecule has 5 heteroatoms. The average molecular weight is 256 g/mol. The molecule has 0 aromatic rings. The number of urea groups is 1. The van der Waals surface area contributed by atoms with Crippen molar-refractivity contribution in [3.8, 4) is 0 Å². The Morgan fingerprint density at radius 2 is 2.00 bits per heavy atom. The van der Waals surface area contributed by atoms with Crippen LogP contribution >= 0.6 is 0 Å². The summed E-state index contributed by atoms with van der Waals surface area (Å²) >= 11 is 0. The molecule has 2 N–H and O–H groups in total.